The lowest BCUT2D eigenvalue weighted by Crippen LogP contribution is -2.50. The number of ether oxygens (including phenoxy) is 1. The van der Waals surface area contributed by atoms with E-state index in [0.29, 0.717) is 13.2 Å². The van der Waals surface area contributed by atoms with E-state index in [1.54, 1.807) is 12.0 Å². The van der Waals surface area contributed by atoms with Crippen LogP contribution in [0.3, 0.4) is 0 Å². The van der Waals surface area contributed by atoms with E-state index in [-0.39, 0.29) is 17.2 Å². The Morgan fingerprint density at radius 3 is 2.46 bits per heavy atom. The number of carbonyl (C=O) groups excluding carboxylic acids is 1. The van der Waals surface area contributed by atoms with Crippen molar-refractivity contribution in [2.24, 2.45) is 7.05 Å². The Balaban J connectivity index is 2.38. The molecule has 1 amide bonds. The van der Waals surface area contributed by atoms with Gasteiger partial charge in [0, 0.05) is 26.8 Å². The van der Waals surface area contributed by atoms with E-state index >= 15 is 0 Å². The van der Waals surface area contributed by atoms with Crippen LogP contribution in [0.25, 0.3) is 0 Å². The van der Waals surface area contributed by atoms with Gasteiger partial charge in [-0.05, 0) is 25.5 Å². The molecule has 6 heteroatoms. The Bertz CT molecular complexity index is 754. The number of hydrogen-bond donors (Lipinski definition) is 0. The number of benzene rings is 1. The maximum atomic E-state index is 13.0. The molecule has 0 saturated carbocycles. The van der Waals surface area contributed by atoms with Gasteiger partial charge in [0.2, 0.25) is 0 Å². The van der Waals surface area contributed by atoms with Crippen LogP contribution < -0.4 is 5.56 Å². The lowest BCUT2D eigenvalue weighted by atomic mass is 10.0. The summed E-state index contributed by atoms with van der Waals surface area (Å²) in [6.45, 7) is 4.70. The molecule has 0 radical (unpaired) electrons. The summed E-state index contributed by atoms with van der Waals surface area (Å²) >= 11 is 0. The fourth-order valence-corrected chi connectivity index (χ4v) is 2.51. The molecular formula is C18H23N3O3. The van der Waals surface area contributed by atoms with Gasteiger partial charge in [-0.25, -0.2) is 4.68 Å². The third-order valence-electron chi connectivity index (χ3n) is 3.84. The van der Waals surface area contributed by atoms with Crippen LogP contribution in [0, 0.1) is 0 Å². The summed E-state index contributed by atoms with van der Waals surface area (Å²) in [6.07, 6.45) is 0. The molecule has 2 aromatic rings. The zero-order valence-electron chi connectivity index (χ0n) is 14.5. The number of nitrogens with zero attached hydrogens (tertiary/aromatic N) is 3. The van der Waals surface area contributed by atoms with Crippen molar-refractivity contribution in [2.45, 2.75) is 25.9 Å². The van der Waals surface area contributed by atoms with Gasteiger partial charge < -0.3 is 9.64 Å². The molecule has 0 saturated heterocycles. The van der Waals surface area contributed by atoms with Gasteiger partial charge in [-0.3, -0.25) is 9.59 Å². The van der Waals surface area contributed by atoms with E-state index in [0.717, 1.165) is 10.2 Å². The Morgan fingerprint density at radius 2 is 1.88 bits per heavy atom. The van der Waals surface area contributed by atoms with Crippen molar-refractivity contribution in [1.82, 2.24) is 14.7 Å². The highest BCUT2D eigenvalue weighted by molar-refractivity contribution is 5.92. The third kappa shape index (κ3) is 4.08. The monoisotopic (exact) mass is 329 g/mol. The van der Waals surface area contributed by atoms with Crippen LogP contribution in [0.1, 0.15) is 29.9 Å². The number of amides is 1. The standard InChI is InChI=1S/C18H23N3O3/c1-18(2,13-24-4)21(12-14-8-6-5-7-9-14)17(23)15-10-11-16(22)20(3)19-15/h5-11H,12-13H2,1-4H3. The average Bonchev–Trinajstić information content (AvgIpc) is 2.55. The molecule has 24 heavy (non-hydrogen) atoms. The minimum Gasteiger partial charge on any atom is -0.382 e. The summed E-state index contributed by atoms with van der Waals surface area (Å²) in [4.78, 5) is 26.3. The molecule has 0 fully saturated rings. The van der Waals surface area contributed by atoms with E-state index in [2.05, 4.69) is 5.10 Å². The first-order valence-corrected chi connectivity index (χ1v) is 7.74. The van der Waals surface area contributed by atoms with Crippen LogP contribution in [0.15, 0.2) is 47.3 Å². The van der Waals surface area contributed by atoms with Crippen molar-refractivity contribution in [3.8, 4) is 0 Å². The second kappa shape index (κ2) is 7.40. The summed E-state index contributed by atoms with van der Waals surface area (Å²) in [5.41, 5.74) is 0.465. The summed E-state index contributed by atoms with van der Waals surface area (Å²) in [6, 6.07) is 12.6. The molecular weight excluding hydrogens is 306 g/mol. The minimum atomic E-state index is -0.530. The highest BCUT2D eigenvalue weighted by atomic mass is 16.5. The lowest BCUT2D eigenvalue weighted by molar-refractivity contribution is 0.0224. The van der Waals surface area contributed by atoms with Crippen molar-refractivity contribution in [2.75, 3.05) is 13.7 Å². The van der Waals surface area contributed by atoms with Crippen LogP contribution in [0.2, 0.25) is 0 Å². The average molecular weight is 329 g/mol. The van der Waals surface area contributed by atoms with E-state index in [1.807, 2.05) is 44.2 Å². The van der Waals surface area contributed by atoms with E-state index in [4.69, 9.17) is 4.74 Å². The van der Waals surface area contributed by atoms with Crippen molar-refractivity contribution in [3.63, 3.8) is 0 Å². The highest BCUT2D eigenvalue weighted by Gasteiger charge is 2.32. The highest BCUT2D eigenvalue weighted by Crippen LogP contribution is 2.21. The van der Waals surface area contributed by atoms with Gasteiger partial charge in [0.05, 0.1) is 12.1 Å². The first-order chi connectivity index (χ1) is 11.3. The number of methoxy groups -OCH3 is 1. The van der Waals surface area contributed by atoms with Gasteiger partial charge in [0.25, 0.3) is 11.5 Å². The Kier molecular flexibility index (Phi) is 5.51. The van der Waals surface area contributed by atoms with Crippen LogP contribution >= 0.6 is 0 Å². The topological polar surface area (TPSA) is 64.4 Å². The van der Waals surface area contributed by atoms with Crippen molar-refractivity contribution in [3.05, 3.63) is 64.1 Å². The van der Waals surface area contributed by atoms with Crippen molar-refractivity contribution in [1.29, 1.82) is 0 Å². The van der Waals surface area contributed by atoms with Gasteiger partial charge >= 0.3 is 0 Å². The quantitative estimate of drug-likeness (QED) is 0.811. The second-order valence-corrected chi connectivity index (χ2v) is 6.30. The van der Waals surface area contributed by atoms with Crippen LogP contribution in [0.4, 0.5) is 0 Å². The normalized spacial score (nSPS) is 11.3. The van der Waals surface area contributed by atoms with Gasteiger partial charge in [-0.2, -0.15) is 5.10 Å². The fourth-order valence-electron chi connectivity index (χ4n) is 2.51. The number of hydrogen-bond acceptors (Lipinski definition) is 4. The molecule has 0 bridgehead atoms. The predicted molar refractivity (Wildman–Crippen MR) is 91.7 cm³/mol. The summed E-state index contributed by atoms with van der Waals surface area (Å²) in [7, 11) is 3.14. The zero-order chi connectivity index (χ0) is 17.7. The van der Waals surface area contributed by atoms with Gasteiger partial charge in [-0.1, -0.05) is 30.3 Å². The molecule has 0 N–H and O–H groups in total. The van der Waals surface area contributed by atoms with E-state index in [1.165, 1.54) is 19.2 Å². The SMILES string of the molecule is COCC(C)(C)N(Cc1ccccc1)C(=O)c1ccc(=O)n(C)n1. The first-order valence-electron chi connectivity index (χ1n) is 7.74. The largest absolute Gasteiger partial charge is 0.382 e. The fraction of sp³-hybridized carbons (Fsp3) is 0.389. The number of aromatic nitrogens is 2. The predicted octanol–water partition coefficient (Wildman–Crippen LogP) is 1.85. The molecule has 1 heterocycles. The van der Waals surface area contributed by atoms with Crippen LogP contribution in [-0.4, -0.2) is 39.8 Å². The summed E-state index contributed by atoms with van der Waals surface area (Å²) < 4.78 is 6.45. The van der Waals surface area contributed by atoms with Crippen LogP contribution in [-0.2, 0) is 18.3 Å². The molecule has 0 unspecified atom stereocenters. The summed E-state index contributed by atoms with van der Waals surface area (Å²) in [5.74, 6) is -0.239. The number of aryl methyl sites for hydroxylation is 1. The van der Waals surface area contributed by atoms with Crippen LogP contribution in [0.5, 0.6) is 0 Å². The molecule has 128 valence electrons. The molecule has 2 rings (SSSR count). The zero-order valence-corrected chi connectivity index (χ0v) is 14.5. The van der Waals surface area contributed by atoms with Gasteiger partial charge in [0.15, 0.2) is 0 Å². The maximum Gasteiger partial charge on any atom is 0.275 e. The smallest absolute Gasteiger partial charge is 0.275 e. The molecule has 0 spiro atoms. The van der Waals surface area contributed by atoms with E-state index < -0.39 is 5.54 Å². The molecule has 6 nitrogen and oxygen atoms in total. The third-order valence-corrected chi connectivity index (χ3v) is 3.84. The lowest BCUT2D eigenvalue weighted by Gasteiger charge is -2.38. The molecule has 0 atom stereocenters. The van der Waals surface area contributed by atoms with Gasteiger partial charge in [-0.15, -0.1) is 0 Å². The molecule has 0 aliphatic heterocycles. The Labute approximate surface area is 141 Å². The first kappa shape index (κ1) is 17.9. The molecule has 1 aromatic heterocycles. The van der Waals surface area contributed by atoms with Crippen molar-refractivity contribution < 1.29 is 9.53 Å². The number of carbonyl (C=O) groups is 1. The molecule has 0 aliphatic carbocycles. The molecule has 1 aromatic carbocycles. The maximum absolute atomic E-state index is 13.0. The van der Waals surface area contributed by atoms with Gasteiger partial charge in [0.1, 0.15) is 5.69 Å². The Hall–Kier alpha value is -2.47. The minimum absolute atomic E-state index is 0.234. The van der Waals surface area contributed by atoms with Crippen molar-refractivity contribution >= 4 is 5.91 Å². The molecule has 0 aliphatic rings. The second-order valence-electron chi connectivity index (χ2n) is 6.30. The summed E-state index contributed by atoms with van der Waals surface area (Å²) in [5, 5.41) is 4.08. The number of rotatable bonds is 6. The Morgan fingerprint density at radius 1 is 1.21 bits per heavy atom. The van der Waals surface area contributed by atoms with E-state index in [9.17, 15) is 9.59 Å².